The molecule has 3 rings (SSSR count). The number of fused-ring (bicyclic) bond motifs is 1. The molecule has 0 aromatic carbocycles. The van der Waals surface area contributed by atoms with Crippen molar-refractivity contribution in [3.8, 4) is 11.1 Å². The first kappa shape index (κ1) is 34.0. The third-order valence-electron chi connectivity index (χ3n) is 7.64. The average molecular weight is 600 g/mol. The molecule has 0 unspecified atom stereocenters. The number of methoxy groups -OCH3 is 1. The smallest absolute Gasteiger partial charge is 0.306 e. The van der Waals surface area contributed by atoms with Crippen LogP contribution in [0, 0.1) is 6.92 Å². The van der Waals surface area contributed by atoms with E-state index in [1.54, 1.807) is 20.8 Å². The molecular weight excluding hydrogens is 554 g/mol. The second-order valence-electron chi connectivity index (χ2n) is 11.0. The van der Waals surface area contributed by atoms with Gasteiger partial charge in [0.25, 0.3) is 0 Å². The standard InChI is InChI=1S/C33H45NO9/c1-8-26(35)34-18-25-30(41-27(36)9-2)31(42-28(37)10-3)32(33(39-7)40-25)43-29(38)16-14-21-12-13-22(19(4)5)17-24-20(6)11-15-23(21)24/h11-13,15,17,19,25,30-33H,8-10,14,16,18H2,1-7H3,(H,34,35)/t25-,30-,31+,32+,33+/m1/s1. The number of carbonyl (C=O) groups excluding carboxylic acids is 4. The fraction of sp³-hybridized carbons (Fsp3) is 0.576. The fourth-order valence-electron chi connectivity index (χ4n) is 5.04. The highest BCUT2D eigenvalue weighted by Gasteiger charge is 2.52. The van der Waals surface area contributed by atoms with Crippen molar-refractivity contribution in [2.75, 3.05) is 13.7 Å². The topological polar surface area (TPSA) is 126 Å². The molecule has 43 heavy (non-hydrogen) atoms. The van der Waals surface area contributed by atoms with Crippen LogP contribution in [0.15, 0.2) is 30.3 Å². The lowest BCUT2D eigenvalue weighted by Crippen LogP contribution is -2.63. The minimum Gasteiger partial charge on any atom is -0.455 e. The molecule has 2 aliphatic carbocycles. The lowest BCUT2D eigenvalue weighted by Gasteiger charge is -2.44. The first-order valence-electron chi connectivity index (χ1n) is 15.1. The summed E-state index contributed by atoms with van der Waals surface area (Å²) >= 11 is 0. The molecule has 3 aliphatic rings. The Bertz CT molecular complexity index is 1240. The Hall–Kier alpha value is -3.50. The quantitative estimate of drug-likeness (QED) is 0.259. The van der Waals surface area contributed by atoms with Crippen LogP contribution in [0.1, 0.15) is 82.9 Å². The van der Waals surface area contributed by atoms with Crippen LogP contribution >= 0.6 is 0 Å². The summed E-state index contributed by atoms with van der Waals surface area (Å²) in [6.07, 6.45) is -4.88. The molecule has 1 aliphatic heterocycles. The number of esters is 3. The van der Waals surface area contributed by atoms with Crippen molar-refractivity contribution in [2.24, 2.45) is 0 Å². The Kier molecular flexibility index (Phi) is 12.5. The molecule has 0 aromatic heterocycles. The largest absolute Gasteiger partial charge is 0.455 e. The molecular formula is C33H45NO9. The van der Waals surface area contributed by atoms with Crippen molar-refractivity contribution in [1.29, 1.82) is 0 Å². The fourth-order valence-corrected chi connectivity index (χ4v) is 5.04. The van der Waals surface area contributed by atoms with Crippen LogP contribution < -0.4 is 5.32 Å². The molecule has 1 saturated heterocycles. The summed E-state index contributed by atoms with van der Waals surface area (Å²) in [7, 11) is 1.37. The van der Waals surface area contributed by atoms with E-state index in [1.165, 1.54) is 12.7 Å². The normalized spacial score (nSPS) is 21.8. The van der Waals surface area contributed by atoms with Gasteiger partial charge in [0, 0.05) is 39.3 Å². The van der Waals surface area contributed by atoms with Crippen LogP contribution in [0.25, 0.3) is 11.1 Å². The summed E-state index contributed by atoms with van der Waals surface area (Å²) in [5.41, 5.74) is 5.59. The van der Waals surface area contributed by atoms with Crippen molar-refractivity contribution >= 4 is 23.8 Å². The molecule has 0 radical (unpaired) electrons. The van der Waals surface area contributed by atoms with E-state index in [1.807, 2.05) is 6.07 Å². The summed E-state index contributed by atoms with van der Waals surface area (Å²) in [5, 5.41) is 2.72. The predicted molar refractivity (Wildman–Crippen MR) is 159 cm³/mol. The van der Waals surface area contributed by atoms with E-state index >= 15 is 0 Å². The Labute approximate surface area is 254 Å². The zero-order valence-electron chi connectivity index (χ0n) is 26.3. The van der Waals surface area contributed by atoms with E-state index in [-0.39, 0.29) is 38.1 Å². The summed E-state index contributed by atoms with van der Waals surface area (Å²) in [6.45, 7) is 11.3. The maximum atomic E-state index is 13.3. The molecule has 0 spiro atoms. The van der Waals surface area contributed by atoms with Crippen LogP contribution in [-0.4, -0.2) is 68.2 Å². The molecule has 10 nitrogen and oxygen atoms in total. The molecule has 1 heterocycles. The molecule has 0 saturated carbocycles. The van der Waals surface area contributed by atoms with Crippen LogP contribution in [-0.2, 0) is 49.3 Å². The van der Waals surface area contributed by atoms with Gasteiger partial charge in [0.2, 0.25) is 5.91 Å². The molecule has 1 N–H and O–H groups in total. The first-order valence-corrected chi connectivity index (χ1v) is 15.1. The zero-order valence-corrected chi connectivity index (χ0v) is 26.3. The molecule has 0 bridgehead atoms. The second-order valence-corrected chi connectivity index (χ2v) is 11.0. The number of rotatable bonds is 13. The Morgan fingerprint density at radius 1 is 0.837 bits per heavy atom. The average Bonchev–Trinajstić information content (AvgIpc) is 3.24. The number of carbonyl (C=O) groups is 4. The Morgan fingerprint density at radius 2 is 1.49 bits per heavy atom. The van der Waals surface area contributed by atoms with Gasteiger partial charge in [0.15, 0.2) is 24.6 Å². The molecule has 10 heteroatoms. The van der Waals surface area contributed by atoms with Gasteiger partial charge < -0.3 is 29.0 Å². The van der Waals surface area contributed by atoms with Gasteiger partial charge in [-0.1, -0.05) is 65.0 Å². The maximum Gasteiger partial charge on any atom is 0.306 e. The van der Waals surface area contributed by atoms with Crippen molar-refractivity contribution in [3.63, 3.8) is 0 Å². The second kappa shape index (κ2) is 15.8. The number of aryl methyl sites for hydroxylation is 2. The van der Waals surface area contributed by atoms with Gasteiger partial charge >= 0.3 is 17.9 Å². The van der Waals surface area contributed by atoms with Gasteiger partial charge in [-0.15, -0.1) is 0 Å². The van der Waals surface area contributed by atoms with Crippen LogP contribution in [0.5, 0.6) is 0 Å². The molecule has 1 amide bonds. The van der Waals surface area contributed by atoms with E-state index in [0.29, 0.717) is 12.3 Å². The van der Waals surface area contributed by atoms with Crippen LogP contribution in [0.4, 0.5) is 0 Å². The number of ether oxygens (including phenoxy) is 5. The molecule has 0 aromatic rings. The minimum atomic E-state index is -1.22. The van der Waals surface area contributed by atoms with Crippen molar-refractivity contribution in [3.05, 3.63) is 47.0 Å². The minimum absolute atomic E-state index is 0.0342. The van der Waals surface area contributed by atoms with Crippen LogP contribution in [0.3, 0.4) is 0 Å². The zero-order chi connectivity index (χ0) is 31.7. The Morgan fingerprint density at radius 3 is 2.09 bits per heavy atom. The van der Waals surface area contributed by atoms with E-state index in [4.69, 9.17) is 23.7 Å². The van der Waals surface area contributed by atoms with Crippen molar-refractivity contribution < 1.29 is 42.9 Å². The van der Waals surface area contributed by atoms with Crippen LogP contribution in [0.2, 0.25) is 0 Å². The highest BCUT2D eigenvalue weighted by Crippen LogP contribution is 2.34. The Balaban J connectivity index is 1.86. The van der Waals surface area contributed by atoms with Gasteiger partial charge in [0.1, 0.15) is 6.10 Å². The van der Waals surface area contributed by atoms with E-state index in [0.717, 1.165) is 22.3 Å². The maximum absolute atomic E-state index is 13.3. The SMILES string of the molecule is CCC(=O)NC[C@H]1O[C@H](OC)[C@@H](OC(=O)CCc2ccc(C(C)C)cc3c(C)ccc2-3)[C@@H](OC(=O)CC)[C@@H]1OC(=O)CC. The third-order valence-corrected chi connectivity index (χ3v) is 7.64. The van der Waals surface area contributed by atoms with E-state index in [9.17, 15) is 19.2 Å². The lowest BCUT2D eigenvalue weighted by molar-refractivity contribution is -0.297. The van der Waals surface area contributed by atoms with Gasteiger partial charge in [-0.05, 0) is 47.1 Å². The highest BCUT2D eigenvalue weighted by molar-refractivity contribution is 5.76. The number of amides is 1. The molecule has 5 atom stereocenters. The summed E-state index contributed by atoms with van der Waals surface area (Å²) < 4.78 is 28.8. The van der Waals surface area contributed by atoms with E-state index < -0.39 is 48.6 Å². The van der Waals surface area contributed by atoms with Crippen molar-refractivity contribution in [1.82, 2.24) is 5.32 Å². The molecule has 236 valence electrons. The first-order chi connectivity index (χ1) is 20.5. The van der Waals surface area contributed by atoms with E-state index in [2.05, 4.69) is 50.4 Å². The predicted octanol–water partition coefficient (Wildman–Crippen LogP) is 4.61. The molecule has 1 fully saturated rings. The van der Waals surface area contributed by atoms with Crippen molar-refractivity contribution in [2.45, 2.75) is 110 Å². The monoisotopic (exact) mass is 599 g/mol. The highest BCUT2D eigenvalue weighted by atomic mass is 16.7. The van der Waals surface area contributed by atoms with Gasteiger partial charge in [-0.2, -0.15) is 0 Å². The van der Waals surface area contributed by atoms with Gasteiger partial charge in [-0.3, -0.25) is 19.2 Å². The van der Waals surface area contributed by atoms with Gasteiger partial charge in [-0.25, -0.2) is 0 Å². The summed E-state index contributed by atoms with van der Waals surface area (Å²) in [5.74, 6) is -1.60. The van der Waals surface area contributed by atoms with Gasteiger partial charge in [0.05, 0.1) is 0 Å². The summed E-state index contributed by atoms with van der Waals surface area (Å²) in [6, 6.07) is 10.5. The summed E-state index contributed by atoms with van der Waals surface area (Å²) in [4.78, 5) is 50.2. The third kappa shape index (κ3) is 8.76. The number of hydrogen-bond acceptors (Lipinski definition) is 9. The lowest BCUT2D eigenvalue weighted by atomic mass is 9.97. The number of hydrogen-bond donors (Lipinski definition) is 1. The number of nitrogens with one attached hydrogen (secondary N) is 1.